The number of hydrogen-bond donors (Lipinski definition) is 4. The minimum atomic E-state index is -0.319. The quantitative estimate of drug-likeness (QED) is 0.272. The maximum atomic E-state index is 11.5. The van der Waals surface area contributed by atoms with Crippen LogP contribution in [0, 0.1) is 0 Å². The number of thioether (sulfide) groups is 1. The molecule has 7 nitrogen and oxygen atoms in total. The highest BCUT2D eigenvalue weighted by Gasteiger charge is 2.10. The van der Waals surface area contributed by atoms with Gasteiger partial charge in [-0.2, -0.15) is 4.98 Å². The number of carbonyl (C=O) groups is 1. The average molecular weight is 264 g/mol. The zero-order valence-electron chi connectivity index (χ0n) is 9.38. The molecule has 0 radical (unpaired) electrons. The number of aromatic nitrogens is 3. The van der Waals surface area contributed by atoms with Crippen LogP contribution in [0.4, 0.5) is 5.95 Å². The van der Waals surface area contributed by atoms with Gasteiger partial charge in [0.25, 0.3) is 5.91 Å². The van der Waals surface area contributed by atoms with Crippen LogP contribution >= 0.6 is 11.8 Å². The maximum absolute atomic E-state index is 11.5. The fraction of sp³-hybridized carbons (Fsp3) is 0.100. The summed E-state index contributed by atoms with van der Waals surface area (Å²) in [7, 11) is 0. The molecule has 2 rings (SSSR count). The fourth-order valence-electron chi connectivity index (χ4n) is 1.41. The van der Waals surface area contributed by atoms with Crippen LogP contribution in [0.25, 0.3) is 0 Å². The lowest BCUT2D eigenvalue weighted by molar-refractivity contribution is 0.0953. The molecule has 1 amide bonds. The Morgan fingerprint density at radius 3 is 2.89 bits per heavy atom. The van der Waals surface area contributed by atoms with Crippen LogP contribution in [-0.4, -0.2) is 21.1 Å². The minimum absolute atomic E-state index is 0.269. The zero-order chi connectivity index (χ0) is 13.0. The van der Waals surface area contributed by atoms with Gasteiger partial charge in [0.2, 0.25) is 11.1 Å². The molecular weight excluding hydrogens is 252 g/mol. The summed E-state index contributed by atoms with van der Waals surface area (Å²) in [5, 5.41) is 6.99. The smallest absolute Gasteiger partial charge is 0.265 e. The standard InChI is InChI=1S/C10H12N6OS/c11-9-13-10(16-15-9)18-5-6-3-1-2-4-7(6)8(17)14-12/h1-4H,5,12H2,(H,14,17)(H3,11,13,15,16). The first kappa shape index (κ1) is 12.4. The van der Waals surface area contributed by atoms with E-state index in [1.54, 1.807) is 12.1 Å². The van der Waals surface area contributed by atoms with E-state index in [2.05, 4.69) is 20.6 Å². The third-order valence-electron chi connectivity index (χ3n) is 2.23. The SMILES string of the molecule is NNC(=O)c1ccccc1CSc1n[nH]c(N)n1. The van der Waals surface area contributed by atoms with Crippen molar-refractivity contribution in [2.24, 2.45) is 5.84 Å². The molecule has 0 fully saturated rings. The van der Waals surface area contributed by atoms with Gasteiger partial charge in [-0.1, -0.05) is 30.0 Å². The molecule has 1 heterocycles. The summed E-state index contributed by atoms with van der Waals surface area (Å²) in [6, 6.07) is 7.21. The van der Waals surface area contributed by atoms with Gasteiger partial charge >= 0.3 is 0 Å². The lowest BCUT2D eigenvalue weighted by Crippen LogP contribution is -2.30. The van der Waals surface area contributed by atoms with Crippen molar-refractivity contribution in [1.29, 1.82) is 0 Å². The molecule has 0 saturated carbocycles. The Balaban J connectivity index is 2.11. The van der Waals surface area contributed by atoms with E-state index in [-0.39, 0.29) is 11.9 Å². The molecule has 0 unspecified atom stereocenters. The van der Waals surface area contributed by atoms with Crippen LogP contribution in [0.15, 0.2) is 29.4 Å². The number of aromatic amines is 1. The second-order valence-corrected chi connectivity index (χ2v) is 4.37. The van der Waals surface area contributed by atoms with Gasteiger partial charge in [-0.15, -0.1) is 5.10 Å². The molecule has 8 heteroatoms. The summed E-state index contributed by atoms with van der Waals surface area (Å²) in [5.74, 6) is 5.64. The molecule has 6 N–H and O–H groups in total. The first-order valence-electron chi connectivity index (χ1n) is 5.10. The van der Waals surface area contributed by atoms with Gasteiger partial charge in [0.15, 0.2) is 0 Å². The van der Waals surface area contributed by atoms with Crippen molar-refractivity contribution >= 4 is 23.6 Å². The molecule has 18 heavy (non-hydrogen) atoms. The molecule has 0 aliphatic rings. The lowest BCUT2D eigenvalue weighted by Gasteiger charge is -2.06. The Bertz CT molecular complexity index is 555. The van der Waals surface area contributed by atoms with Crippen molar-refractivity contribution in [3.63, 3.8) is 0 Å². The van der Waals surface area contributed by atoms with Gasteiger partial charge in [0.05, 0.1) is 0 Å². The van der Waals surface area contributed by atoms with Gasteiger partial charge in [0.1, 0.15) is 0 Å². The number of anilines is 1. The highest BCUT2D eigenvalue weighted by molar-refractivity contribution is 7.98. The van der Waals surface area contributed by atoms with Crippen molar-refractivity contribution in [2.75, 3.05) is 5.73 Å². The van der Waals surface area contributed by atoms with E-state index in [9.17, 15) is 4.79 Å². The van der Waals surface area contributed by atoms with Crippen LogP contribution in [0.1, 0.15) is 15.9 Å². The molecule has 0 spiro atoms. The number of benzene rings is 1. The van der Waals surface area contributed by atoms with Crippen molar-refractivity contribution in [1.82, 2.24) is 20.6 Å². The number of amides is 1. The molecular formula is C10H12N6OS. The average Bonchev–Trinajstić information content (AvgIpc) is 2.81. The number of nitrogens with one attached hydrogen (secondary N) is 2. The minimum Gasteiger partial charge on any atom is -0.368 e. The molecule has 1 aromatic carbocycles. The Kier molecular flexibility index (Phi) is 3.80. The van der Waals surface area contributed by atoms with E-state index >= 15 is 0 Å². The topological polar surface area (TPSA) is 123 Å². The van der Waals surface area contributed by atoms with E-state index in [1.165, 1.54) is 11.8 Å². The third kappa shape index (κ3) is 2.79. The number of hydrogen-bond acceptors (Lipinski definition) is 6. The molecule has 0 aliphatic heterocycles. The molecule has 1 aromatic heterocycles. The molecule has 0 bridgehead atoms. The molecule has 0 atom stereocenters. The monoisotopic (exact) mass is 264 g/mol. The first-order chi connectivity index (χ1) is 8.70. The first-order valence-corrected chi connectivity index (χ1v) is 6.09. The van der Waals surface area contributed by atoms with Crippen molar-refractivity contribution < 1.29 is 4.79 Å². The number of nitrogens with zero attached hydrogens (tertiary/aromatic N) is 2. The van der Waals surface area contributed by atoms with Crippen LogP contribution in [0.2, 0.25) is 0 Å². The van der Waals surface area contributed by atoms with E-state index in [0.29, 0.717) is 16.5 Å². The second kappa shape index (κ2) is 5.52. The Labute approximate surface area is 107 Å². The summed E-state index contributed by atoms with van der Waals surface area (Å²) in [5.41, 5.74) is 8.94. The predicted molar refractivity (Wildman–Crippen MR) is 68.5 cm³/mol. The van der Waals surface area contributed by atoms with Crippen LogP contribution < -0.4 is 17.0 Å². The van der Waals surface area contributed by atoms with Crippen LogP contribution in [0.3, 0.4) is 0 Å². The van der Waals surface area contributed by atoms with Gasteiger partial charge in [-0.25, -0.2) is 10.9 Å². The number of rotatable bonds is 4. The molecule has 0 aliphatic carbocycles. The highest BCUT2D eigenvalue weighted by atomic mass is 32.2. The van der Waals surface area contributed by atoms with Crippen LogP contribution in [-0.2, 0) is 5.75 Å². The number of nitrogen functional groups attached to an aromatic ring is 2. The molecule has 0 saturated heterocycles. The highest BCUT2D eigenvalue weighted by Crippen LogP contribution is 2.21. The normalized spacial score (nSPS) is 10.3. The van der Waals surface area contributed by atoms with Gasteiger partial charge in [-0.05, 0) is 11.6 Å². The Morgan fingerprint density at radius 2 is 2.22 bits per heavy atom. The van der Waals surface area contributed by atoms with Crippen molar-refractivity contribution in [2.45, 2.75) is 10.9 Å². The third-order valence-corrected chi connectivity index (χ3v) is 3.13. The summed E-state index contributed by atoms with van der Waals surface area (Å²) < 4.78 is 0. The Hall–Kier alpha value is -2.06. The lowest BCUT2D eigenvalue weighted by atomic mass is 10.1. The van der Waals surface area contributed by atoms with E-state index in [1.807, 2.05) is 12.1 Å². The van der Waals surface area contributed by atoms with E-state index in [0.717, 1.165) is 5.56 Å². The summed E-state index contributed by atoms with van der Waals surface area (Å²) in [6.07, 6.45) is 0. The fourth-order valence-corrected chi connectivity index (χ4v) is 2.22. The van der Waals surface area contributed by atoms with Gasteiger partial charge in [0, 0.05) is 11.3 Å². The molecule has 2 aromatic rings. The summed E-state index contributed by atoms with van der Waals surface area (Å²) in [6.45, 7) is 0. The van der Waals surface area contributed by atoms with Crippen molar-refractivity contribution in [3.05, 3.63) is 35.4 Å². The predicted octanol–water partition coefficient (Wildman–Crippen LogP) is 0.283. The van der Waals surface area contributed by atoms with E-state index in [4.69, 9.17) is 11.6 Å². The number of hydrazine groups is 1. The largest absolute Gasteiger partial charge is 0.368 e. The molecule has 94 valence electrons. The number of carbonyl (C=O) groups excluding carboxylic acids is 1. The second-order valence-electron chi connectivity index (χ2n) is 3.42. The van der Waals surface area contributed by atoms with E-state index < -0.39 is 0 Å². The Morgan fingerprint density at radius 1 is 1.44 bits per heavy atom. The van der Waals surface area contributed by atoms with Gasteiger partial charge in [-0.3, -0.25) is 10.2 Å². The van der Waals surface area contributed by atoms with Crippen molar-refractivity contribution in [3.8, 4) is 0 Å². The van der Waals surface area contributed by atoms with Crippen LogP contribution in [0.5, 0.6) is 0 Å². The number of nitrogens with two attached hydrogens (primary N) is 2. The zero-order valence-corrected chi connectivity index (χ0v) is 10.2. The maximum Gasteiger partial charge on any atom is 0.265 e. The van der Waals surface area contributed by atoms with Gasteiger partial charge < -0.3 is 5.73 Å². The number of H-pyrrole nitrogens is 1. The summed E-state index contributed by atoms with van der Waals surface area (Å²) >= 11 is 1.38. The summed E-state index contributed by atoms with van der Waals surface area (Å²) in [4.78, 5) is 15.5.